The van der Waals surface area contributed by atoms with Gasteiger partial charge in [0.25, 0.3) is 0 Å². The van der Waals surface area contributed by atoms with Crippen LogP contribution in [0.4, 0.5) is 0 Å². The van der Waals surface area contributed by atoms with Crippen LogP contribution in [0.3, 0.4) is 0 Å². The molecule has 3 rings (SSSR count). The largest absolute Gasteiger partial charge is 0.465 e. The van der Waals surface area contributed by atoms with Gasteiger partial charge in [-0.1, -0.05) is 36.4 Å². The predicted octanol–water partition coefficient (Wildman–Crippen LogP) is 4.17. The molecule has 3 aromatic carbocycles. The molecule has 0 heterocycles. The fraction of sp³-hybridized carbons (Fsp3) is 0.0526. The maximum absolute atomic E-state index is 11.7. The molecular weight excluding hydrogens is 274 g/mol. The molecule has 0 radical (unpaired) electrons. The molecule has 0 aliphatic carbocycles. The molecule has 3 aromatic rings. The zero-order chi connectivity index (χ0) is 15.5. The predicted molar refractivity (Wildman–Crippen MR) is 85.4 cm³/mol. The van der Waals surface area contributed by atoms with Crippen LogP contribution >= 0.6 is 0 Å². The van der Waals surface area contributed by atoms with E-state index in [9.17, 15) is 4.79 Å². The van der Waals surface area contributed by atoms with E-state index in [0.29, 0.717) is 11.1 Å². The minimum atomic E-state index is -0.350. The Morgan fingerprint density at radius 2 is 1.82 bits per heavy atom. The second-order valence-electron chi connectivity index (χ2n) is 4.92. The third-order valence-corrected chi connectivity index (χ3v) is 3.63. The Kier molecular flexibility index (Phi) is 3.59. The van der Waals surface area contributed by atoms with E-state index in [1.54, 1.807) is 18.2 Å². The highest BCUT2D eigenvalue weighted by Crippen LogP contribution is 2.29. The van der Waals surface area contributed by atoms with E-state index in [-0.39, 0.29) is 5.97 Å². The summed E-state index contributed by atoms with van der Waals surface area (Å²) in [7, 11) is 1.37. The standard InChI is InChI=1S/C19H13NO2/c1-22-19(21)16-10-9-14-3-2-4-17(18(14)11-16)15-7-5-13(12-20)6-8-15/h2-11H,1H3. The Morgan fingerprint density at radius 3 is 2.50 bits per heavy atom. The van der Waals surface area contributed by atoms with Crippen molar-refractivity contribution in [2.75, 3.05) is 7.11 Å². The average molecular weight is 287 g/mol. The topological polar surface area (TPSA) is 50.1 Å². The van der Waals surface area contributed by atoms with Crippen LogP contribution in [-0.2, 0) is 4.74 Å². The van der Waals surface area contributed by atoms with Gasteiger partial charge in [-0.2, -0.15) is 5.26 Å². The van der Waals surface area contributed by atoms with Crippen LogP contribution in [0, 0.1) is 11.3 Å². The van der Waals surface area contributed by atoms with Gasteiger partial charge in [-0.3, -0.25) is 0 Å². The summed E-state index contributed by atoms with van der Waals surface area (Å²) in [5.74, 6) is -0.350. The highest BCUT2D eigenvalue weighted by molar-refractivity contribution is 6.01. The summed E-state index contributed by atoms with van der Waals surface area (Å²) in [4.78, 5) is 11.7. The number of carbonyl (C=O) groups excluding carboxylic acids is 1. The Bertz CT molecular complexity index is 889. The number of benzene rings is 3. The van der Waals surface area contributed by atoms with E-state index in [4.69, 9.17) is 10.00 Å². The summed E-state index contributed by atoms with van der Waals surface area (Å²) in [6.07, 6.45) is 0. The average Bonchev–Trinajstić information content (AvgIpc) is 2.60. The van der Waals surface area contributed by atoms with Gasteiger partial charge in [0.1, 0.15) is 0 Å². The molecule has 0 aliphatic heterocycles. The van der Waals surface area contributed by atoms with Crippen molar-refractivity contribution in [2.45, 2.75) is 0 Å². The second-order valence-corrected chi connectivity index (χ2v) is 4.92. The lowest BCUT2D eigenvalue weighted by Crippen LogP contribution is -2.00. The smallest absolute Gasteiger partial charge is 0.337 e. The normalized spacial score (nSPS) is 10.2. The van der Waals surface area contributed by atoms with Gasteiger partial charge in [-0.25, -0.2) is 4.79 Å². The molecule has 0 fully saturated rings. The summed E-state index contributed by atoms with van der Waals surface area (Å²) in [6.45, 7) is 0. The fourth-order valence-electron chi connectivity index (χ4n) is 2.49. The quantitative estimate of drug-likeness (QED) is 0.665. The lowest BCUT2D eigenvalue weighted by molar-refractivity contribution is 0.0601. The molecule has 0 saturated carbocycles. The number of hydrogen-bond acceptors (Lipinski definition) is 3. The molecule has 0 aliphatic rings. The van der Waals surface area contributed by atoms with Crippen LogP contribution in [0.2, 0.25) is 0 Å². The van der Waals surface area contributed by atoms with Gasteiger partial charge in [0.2, 0.25) is 0 Å². The van der Waals surface area contributed by atoms with Gasteiger partial charge < -0.3 is 4.74 Å². The molecule has 0 atom stereocenters. The van der Waals surface area contributed by atoms with E-state index in [2.05, 4.69) is 6.07 Å². The lowest BCUT2D eigenvalue weighted by atomic mass is 9.96. The summed E-state index contributed by atoms with van der Waals surface area (Å²) in [6, 6.07) is 21.0. The van der Waals surface area contributed by atoms with Crippen LogP contribution in [0.5, 0.6) is 0 Å². The molecule has 0 unspecified atom stereocenters. The Labute approximate surface area is 128 Å². The van der Waals surface area contributed by atoms with Crippen molar-refractivity contribution in [2.24, 2.45) is 0 Å². The van der Waals surface area contributed by atoms with E-state index in [0.717, 1.165) is 21.9 Å². The number of ether oxygens (including phenoxy) is 1. The number of carbonyl (C=O) groups is 1. The van der Waals surface area contributed by atoms with E-state index < -0.39 is 0 Å². The van der Waals surface area contributed by atoms with Crippen LogP contribution < -0.4 is 0 Å². The highest BCUT2D eigenvalue weighted by atomic mass is 16.5. The third-order valence-electron chi connectivity index (χ3n) is 3.63. The number of esters is 1. The van der Waals surface area contributed by atoms with Crippen molar-refractivity contribution in [3.63, 3.8) is 0 Å². The number of fused-ring (bicyclic) bond motifs is 1. The van der Waals surface area contributed by atoms with Crippen molar-refractivity contribution in [3.8, 4) is 17.2 Å². The van der Waals surface area contributed by atoms with Crippen molar-refractivity contribution in [1.29, 1.82) is 5.26 Å². The zero-order valence-electron chi connectivity index (χ0n) is 12.0. The molecule has 0 aromatic heterocycles. The third kappa shape index (κ3) is 2.43. The first-order valence-corrected chi connectivity index (χ1v) is 6.84. The van der Waals surface area contributed by atoms with Gasteiger partial charge >= 0.3 is 5.97 Å². The second kappa shape index (κ2) is 5.71. The monoisotopic (exact) mass is 287 g/mol. The van der Waals surface area contributed by atoms with Crippen LogP contribution in [-0.4, -0.2) is 13.1 Å². The van der Waals surface area contributed by atoms with Crippen LogP contribution in [0.15, 0.2) is 60.7 Å². The molecule has 22 heavy (non-hydrogen) atoms. The molecule has 0 spiro atoms. The minimum absolute atomic E-state index is 0.350. The maximum atomic E-state index is 11.7. The van der Waals surface area contributed by atoms with E-state index in [1.165, 1.54) is 7.11 Å². The first kappa shape index (κ1) is 13.8. The summed E-state index contributed by atoms with van der Waals surface area (Å²) in [5.41, 5.74) is 3.18. The summed E-state index contributed by atoms with van der Waals surface area (Å²) < 4.78 is 4.79. The number of methoxy groups -OCH3 is 1. The van der Waals surface area contributed by atoms with Crippen molar-refractivity contribution >= 4 is 16.7 Å². The van der Waals surface area contributed by atoms with Crippen LogP contribution in [0.25, 0.3) is 21.9 Å². The first-order valence-electron chi connectivity index (χ1n) is 6.84. The molecule has 0 saturated heterocycles. The molecule has 0 N–H and O–H groups in total. The SMILES string of the molecule is COC(=O)c1ccc2cccc(-c3ccc(C#N)cc3)c2c1. The first-order chi connectivity index (χ1) is 10.7. The molecule has 0 amide bonds. The van der Waals surface area contributed by atoms with Gasteiger partial charge in [0.05, 0.1) is 24.3 Å². The van der Waals surface area contributed by atoms with E-state index in [1.807, 2.05) is 42.5 Å². The van der Waals surface area contributed by atoms with Crippen molar-refractivity contribution < 1.29 is 9.53 Å². The van der Waals surface area contributed by atoms with Gasteiger partial charge in [-0.15, -0.1) is 0 Å². The molecule has 3 nitrogen and oxygen atoms in total. The van der Waals surface area contributed by atoms with Gasteiger partial charge in [0, 0.05) is 0 Å². The lowest BCUT2D eigenvalue weighted by Gasteiger charge is -2.08. The highest BCUT2D eigenvalue weighted by Gasteiger charge is 2.09. The molecule has 106 valence electrons. The van der Waals surface area contributed by atoms with Crippen molar-refractivity contribution in [1.82, 2.24) is 0 Å². The summed E-state index contributed by atoms with van der Waals surface area (Å²) >= 11 is 0. The molecule has 3 heteroatoms. The molecule has 0 bridgehead atoms. The summed E-state index contributed by atoms with van der Waals surface area (Å²) in [5, 5.41) is 10.9. The fourth-order valence-corrected chi connectivity index (χ4v) is 2.49. The minimum Gasteiger partial charge on any atom is -0.465 e. The number of nitriles is 1. The number of hydrogen-bond donors (Lipinski definition) is 0. The van der Waals surface area contributed by atoms with Crippen LogP contribution in [0.1, 0.15) is 15.9 Å². The number of rotatable bonds is 2. The van der Waals surface area contributed by atoms with Gasteiger partial charge in [0.15, 0.2) is 0 Å². The Morgan fingerprint density at radius 1 is 1.05 bits per heavy atom. The number of nitrogens with zero attached hydrogens (tertiary/aromatic N) is 1. The van der Waals surface area contributed by atoms with Crippen molar-refractivity contribution in [3.05, 3.63) is 71.8 Å². The Balaban J connectivity index is 2.19. The van der Waals surface area contributed by atoms with E-state index >= 15 is 0 Å². The molecular formula is C19H13NO2. The zero-order valence-corrected chi connectivity index (χ0v) is 12.0. The van der Waals surface area contributed by atoms with Gasteiger partial charge in [-0.05, 0) is 46.2 Å². The maximum Gasteiger partial charge on any atom is 0.337 e. The Hall–Kier alpha value is -3.12.